The van der Waals surface area contributed by atoms with E-state index in [2.05, 4.69) is 15.6 Å². The summed E-state index contributed by atoms with van der Waals surface area (Å²) < 4.78 is 6.12. The van der Waals surface area contributed by atoms with Crippen LogP contribution in [0.3, 0.4) is 0 Å². The van der Waals surface area contributed by atoms with Crippen molar-refractivity contribution in [2.24, 2.45) is 0 Å². The van der Waals surface area contributed by atoms with Gasteiger partial charge in [-0.2, -0.15) is 0 Å². The first-order chi connectivity index (χ1) is 12.1. The first-order valence-electron chi connectivity index (χ1n) is 7.64. The number of carbonyl (C=O) groups excluding carboxylic acids is 2. The van der Waals surface area contributed by atoms with Crippen molar-refractivity contribution >= 4 is 46.4 Å². The number of nitrogens with one attached hydrogen (secondary N) is 2. The predicted molar refractivity (Wildman–Crippen MR) is 100.0 cm³/mol. The molecule has 2 aromatic heterocycles. The lowest BCUT2D eigenvalue weighted by molar-refractivity contribution is -0.139. The number of aromatic nitrogens is 1. The van der Waals surface area contributed by atoms with Crippen LogP contribution in [0.5, 0.6) is 0 Å². The molecule has 3 rings (SSSR count). The van der Waals surface area contributed by atoms with Crippen molar-refractivity contribution in [2.75, 3.05) is 12.4 Å². The van der Waals surface area contributed by atoms with E-state index in [1.54, 1.807) is 18.3 Å². The molecule has 0 aliphatic carbocycles. The third-order valence-electron chi connectivity index (χ3n) is 3.41. The Morgan fingerprint density at radius 2 is 2.28 bits per heavy atom. The Balaban J connectivity index is 1.92. The lowest BCUT2D eigenvalue weighted by atomic mass is 10.0. The van der Waals surface area contributed by atoms with E-state index in [-0.39, 0.29) is 12.6 Å². The van der Waals surface area contributed by atoms with Gasteiger partial charge in [0.05, 0.1) is 18.2 Å². The molecule has 2 amide bonds. The van der Waals surface area contributed by atoms with E-state index in [0.29, 0.717) is 17.0 Å². The summed E-state index contributed by atoms with van der Waals surface area (Å²) in [6, 6.07) is 2.97. The Hall–Kier alpha value is -1.84. The Morgan fingerprint density at radius 3 is 2.92 bits per heavy atom. The van der Waals surface area contributed by atoms with Crippen molar-refractivity contribution in [3.8, 4) is 0 Å². The number of ether oxygens (including phenoxy) is 1. The Morgan fingerprint density at radius 1 is 1.44 bits per heavy atom. The summed E-state index contributed by atoms with van der Waals surface area (Å²) in [4.78, 5) is 29.9. The highest BCUT2D eigenvalue weighted by Crippen LogP contribution is 2.33. The van der Waals surface area contributed by atoms with E-state index in [4.69, 9.17) is 4.74 Å². The van der Waals surface area contributed by atoms with Crippen molar-refractivity contribution in [3.05, 3.63) is 44.7 Å². The fourth-order valence-electron chi connectivity index (χ4n) is 2.38. The highest BCUT2D eigenvalue weighted by atomic mass is 32.2. The largest absolute Gasteiger partial charge is 0.463 e. The van der Waals surface area contributed by atoms with Gasteiger partial charge in [0.25, 0.3) is 0 Å². The van der Waals surface area contributed by atoms with Crippen molar-refractivity contribution in [1.82, 2.24) is 15.6 Å². The number of amides is 2. The standard InChI is InChI=1S/C16H17N3O3S3/c1-3-22-14(20)12-10(8-25-16-17-9(2)7-24-16)18-15(21)19-13(12)11-5-4-6-23-11/h4-7,13H,3,8H2,1-2H3,(H2,18,19,21)/t13-/m1/s1. The van der Waals surface area contributed by atoms with Gasteiger partial charge in [-0.15, -0.1) is 22.7 Å². The summed E-state index contributed by atoms with van der Waals surface area (Å²) in [7, 11) is 0. The third-order valence-corrected chi connectivity index (χ3v) is 6.52. The number of carbonyl (C=O) groups is 2. The normalized spacial score (nSPS) is 17.2. The zero-order valence-corrected chi connectivity index (χ0v) is 16.1. The third kappa shape index (κ3) is 4.23. The fraction of sp³-hybridized carbons (Fsp3) is 0.312. The molecule has 0 aromatic carbocycles. The van der Waals surface area contributed by atoms with Crippen molar-refractivity contribution in [2.45, 2.75) is 24.2 Å². The van der Waals surface area contributed by atoms with Crippen LogP contribution in [0.4, 0.5) is 4.79 Å². The van der Waals surface area contributed by atoms with E-state index in [1.165, 1.54) is 23.1 Å². The number of hydrogen-bond donors (Lipinski definition) is 2. The molecule has 3 heterocycles. The van der Waals surface area contributed by atoms with Gasteiger partial charge in [-0.25, -0.2) is 14.6 Å². The number of thiophene rings is 1. The molecule has 1 aliphatic heterocycles. The maximum absolute atomic E-state index is 12.5. The minimum Gasteiger partial charge on any atom is -0.463 e. The number of rotatable bonds is 6. The molecule has 1 aliphatic rings. The molecule has 0 saturated heterocycles. The molecule has 2 aromatic rings. The molecule has 1 atom stereocenters. The van der Waals surface area contributed by atoms with E-state index in [0.717, 1.165) is 14.9 Å². The Labute approximate surface area is 157 Å². The quantitative estimate of drug-likeness (QED) is 0.578. The zero-order valence-electron chi connectivity index (χ0n) is 13.7. The predicted octanol–water partition coefficient (Wildman–Crippen LogP) is 3.48. The molecule has 0 fully saturated rings. The van der Waals surface area contributed by atoms with Crippen LogP contribution >= 0.6 is 34.4 Å². The van der Waals surface area contributed by atoms with Gasteiger partial charge in [-0.05, 0) is 25.3 Å². The second kappa shape index (κ2) is 8.03. The molecule has 0 saturated carbocycles. The molecule has 0 unspecified atom stereocenters. The fourth-order valence-corrected chi connectivity index (χ4v) is 4.99. The van der Waals surface area contributed by atoms with Crippen LogP contribution in [0.25, 0.3) is 0 Å². The SMILES string of the molecule is CCOC(=O)C1=C(CSc2nc(C)cs2)NC(=O)N[C@@H]1c1cccs1. The molecular weight excluding hydrogens is 378 g/mol. The average Bonchev–Trinajstić information content (AvgIpc) is 3.24. The number of nitrogens with zero attached hydrogens (tertiary/aromatic N) is 1. The molecule has 0 spiro atoms. The first kappa shape index (κ1) is 18.0. The summed E-state index contributed by atoms with van der Waals surface area (Å²) in [6.45, 7) is 3.97. The smallest absolute Gasteiger partial charge is 0.338 e. The van der Waals surface area contributed by atoms with E-state index in [1.807, 2.05) is 29.8 Å². The molecule has 25 heavy (non-hydrogen) atoms. The van der Waals surface area contributed by atoms with Crippen LogP contribution in [-0.2, 0) is 9.53 Å². The molecule has 0 radical (unpaired) electrons. The number of esters is 1. The number of thioether (sulfide) groups is 1. The van der Waals surface area contributed by atoms with Gasteiger partial charge in [0.15, 0.2) is 0 Å². The van der Waals surface area contributed by atoms with Gasteiger partial charge in [0, 0.05) is 27.4 Å². The van der Waals surface area contributed by atoms with Crippen molar-refractivity contribution in [1.29, 1.82) is 0 Å². The number of hydrogen-bond acceptors (Lipinski definition) is 7. The van der Waals surface area contributed by atoms with Crippen LogP contribution < -0.4 is 10.6 Å². The van der Waals surface area contributed by atoms with Crippen LogP contribution in [0.15, 0.2) is 38.5 Å². The lowest BCUT2D eigenvalue weighted by Crippen LogP contribution is -2.46. The van der Waals surface area contributed by atoms with Gasteiger partial charge in [0.1, 0.15) is 4.34 Å². The number of thiazole rings is 1. The maximum Gasteiger partial charge on any atom is 0.338 e. The van der Waals surface area contributed by atoms with E-state index >= 15 is 0 Å². The first-order valence-corrected chi connectivity index (χ1v) is 10.4. The molecule has 0 bridgehead atoms. The molecule has 2 N–H and O–H groups in total. The molecular formula is C16H17N3O3S3. The van der Waals surface area contributed by atoms with E-state index < -0.39 is 12.0 Å². The summed E-state index contributed by atoms with van der Waals surface area (Å²) in [6.07, 6.45) is 0. The van der Waals surface area contributed by atoms with Crippen LogP contribution in [0, 0.1) is 6.92 Å². The summed E-state index contributed by atoms with van der Waals surface area (Å²) in [5.74, 6) is 0.0236. The van der Waals surface area contributed by atoms with Gasteiger partial charge in [-0.3, -0.25) is 0 Å². The van der Waals surface area contributed by atoms with Gasteiger partial charge < -0.3 is 15.4 Å². The minimum absolute atomic E-state index is 0.277. The van der Waals surface area contributed by atoms with Crippen LogP contribution in [0.1, 0.15) is 23.5 Å². The minimum atomic E-state index is -0.499. The highest BCUT2D eigenvalue weighted by Gasteiger charge is 2.34. The van der Waals surface area contributed by atoms with Crippen LogP contribution in [-0.4, -0.2) is 29.3 Å². The zero-order chi connectivity index (χ0) is 17.8. The highest BCUT2D eigenvalue weighted by molar-refractivity contribution is 8.01. The van der Waals surface area contributed by atoms with Crippen molar-refractivity contribution < 1.29 is 14.3 Å². The van der Waals surface area contributed by atoms with E-state index in [9.17, 15) is 9.59 Å². The summed E-state index contributed by atoms with van der Waals surface area (Å²) in [5, 5.41) is 9.47. The summed E-state index contributed by atoms with van der Waals surface area (Å²) in [5.41, 5.74) is 1.97. The molecule has 9 heteroatoms. The second-order valence-electron chi connectivity index (χ2n) is 5.20. The van der Waals surface area contributed by atoms with Gasteiger partial charge in [-0.1, -0.05) is 17.8 Å². The number of urea groups is 1. The Bertz CT molecular complexity index is 799. The van der Waals surface area contributed by atoms with Gasteiger partial charge >= 0.3 is 12.0 Å². The van der Waals surface area contributed by atoms with Crippen molar-refractivity contribution in [3.63, 3.8) is 0 Å². The Kier molecular flexibility index (Phi) is 5.77. The second-order valence-corrected chi connectivity index (χ2v) is 8.26. The average molecular weight is 396 g/mol. The van der Waals surface area contributed by atoms with Gasteiger partial charge in [0.2, 0.25) is 0 Å². The van der Waals surface area contributed by atoms with Crippen LogP contribution in [0.2, 0.25) is 0 Å². The lowest BCUT2D eigenvalue weighted by Gasteiger charge is -2.28. The monoisotopic (exact) mass is 395 g/mol. The maximum atomic E-state index is 12.5. The molecule has 132 valence electrons. The topological polar surface area (TPSA) is 80.3 Å². The summed E-state index contributed by atoms with van der Waals surface area (Å²) >= 11 is 4.52. The molecule has 6 nitrogen and oxygen atoms in total. The number of aryl methyl sites for hydroxylation is 1.